The van der Waals surface area contributed by atoms with Gasteiger partial charge in [-0.15, -0.1) is 4.91 Å². The third-order valence-corrected chi connectivity index (χ3v) is 2.01. The molecule has 18 heavy (non-hydrogen) atoms. The molecule has 0 amide bonds. The van der Waals surface area contributed by atoms with E-state index in [4.69, 9.17) is 15.3 Å². The highest BCUT2D eigenvalue weighted by Gasteiger charge is 2.31. The zero-order chi connectivity index (χ0) is 14.3. The number of nitrogens with zero attached hydrogens (tertiary/aromatic N) is 2. The van der Waals surface area contributed by atoms with Crippen molar-refractivity contribution < 1.29 is 35.1 Å². The Balaban J connectivity index is 4.45. The molecule has 0 spiro atoms. The van der Waals surface area contributed by atoms with Crippen molar-refractivity contribution in [3.8, 4) is 0 Å². The molecule has 0 radical (unpaired) electrons. The molecule has 104 valence electrons. The first-order valence-electron chi connectivity index (χ1n) is 4.81. The zero-order valence-electron chi connectivity index (χ0n) is 9.21. The normalized spacial score (nSPS) is 15.6. The number of rotatable bonds is 9. The minimum Gasteiger partial charge on any atom is -0.480 e. The second kappa shape index (κ2) is 7.66. The van der Waals surface area contributed by atoms with Crippen LogP contribution in [0.3, 0.4) is 0 Å². The van der Waals surface area contributed by atoms with Gasteiger partial charge >= 0.3 is 5.97 Å². The van der Waals surface area contributed by atoms with Crippen LogP contribution in [-0.4, -0.2) is 80.3 Å². The van der Waals surface area contributed by atoms with Gasteiger partial charge in [0.1, 0.15) is 31.4 Å². The first kappa shape index (κ1) is 16.4. The van der Waals surface area contributed by atoms with Gasteiger partial charge in [0.15, 0.2) is 5.78 Å². The van der Waals surface area contributed by atoms with Crippen LogP contribution in [0.5, 0.6) is 0 Å². The van der Waals surface area contributed by atoms with Crippen LogP contribution in [0.25, 0.3) is 0 Å². The molecular formula is C8H14N2O8. The Morgan fingerprint density at radius 3 is 2.11 bits per heavy atom. The summed E-state index contributed by atoms with van der Waals surface area (Å²) in [6.45, 7) is -2.57. The number of hydrogen-bond donors (Lipinski definition) is 5. The second-order valence-corrected chi connectivity index (χ2v) is 3.45. The molecule has 0 aliphatic carbocycles. The average Bonchev–Trinajstić information content (AvgIpc) is 2.34. The van der Waals surface area contributed by atoms with Gasteiger partial charge in [0.25, 0.3) is 0 Å². The highest BCUT2D eigenvalue weighted by Crippen LogP contribution is 2.03. The van der Waals surface area contributed by atoms with Crippen LogP contribution >= 0.6 is 0 Å². The molecule has 0 saturated carbocycles. The molecule has 0 bridgehead atoms. The Morgan fingerprint density at radius 1 is 1.17 bits per heavy atom. The number of nitroso groups, excluding NO2 is 1. The molecule has 0 unspecified atom stereocenters. The van der Waals surface area contributed by atoms with E-state index in [1.807, 2.05) is 0 Å². The highest BCUT2D eigenvalue weighted by molar-refractivity contribution is 5.85. The Labute approximate surface area is 101 Å². The SMILES string of the molecule is O=NN(CC(=O)O)CC(=O)[C@@H](O)[C@H](O)[C@H](O)CO. The van der Waals surface area contributed by atoms with Crippen LogP contribution in [0.15, 0.2) is 5.29 Å². The smallest absolute Gasteiger partial charge is 0.325 e. The number of carboxylic acids is 1. The van der Waals surface area contributed by atoms with E-state index >= 15 is 0 Å². The predicted octanol–water partition coefficient (Wildman–Crippen LogP) is -3.30. The lowest BCUT2D eigenvalue weighted by Crippen LogP contribution is -2.47. The first-order chi connectivity index (χ1) is 8.33. The summed E-state index contributed by atoms with van der Waals surface area (Å²) in [6, 6.07) is 0. The summed E-state index contributed by atoms with van der Waals surface area (Å²) in [6.07, 6.45) is -5.74. The predicted molar refractivity (Wildman–Crippen MR) is 55.1 cm³/mol. The van der Waals surface area contributed by atoms with Crippen molar-refractivity contribution >= 4 is 11.8 Å². The van der Waals surface area contributed by atoms with Gasteiger partial charge < -0.3 is 25.5 Å². The molecule has 0 heterocycles. The number of carbonyl (C=O) groups is 2. The van der Waals surface area contributed by atoms with Crippen molar-refractivity contribution in [3.05, 3.63) is 4.91 Å². The van der Waals surface area contributed by atoms with Gasteiger partial charge in [-0.05, 0) is 0 Å². The number of carbonyl (C=O) groups excluding carboxylic acids is 1. The Hall–Kier alpha value is -1.62. The fourth-order valence-corrected chi connectivity index (χ4v) is 1.05. The van der Waals surface area contributed by atoms with Crippen molar-refractivity contribution in [3.63, 3.8) is 0 Å². The Morgan fingerprint density at radius 2 is 1.72 bits per heavy atom. The van der Waals surface area contributed by atoms with Crippen LogP contribution in [0.2, 0.25) is 0 Å². The Kier molecular flexibility index (Phi) is 6.97. The number of aliphatic carboxylic acids is 1. The summed E-state index contributed by atoms with van der Waals surface area (Å²) in [5.41, 5.74) is 0. The number of ketones is 1. The maximum atomic E-state index is 11.3. The topological polar surface area (TPSA) is 168 Å². The van der Waals surface area contributed by atoms with Gasteiger partial charge in [-0.2, -0.15) is 0 Å². The minimum atomic E-state index is -2.06. The van der Waals surface area contributed by atoms with Crippen LogP contribution in [0.1, 0.15) is 0 Å². The molecule has 0 aromatic carbocycles. The van der Waals surface area contributed by atoms with Gasteiger partial charge in [-0.25, -0.2) is 5.01 Å². The van der Waals surface area contributed by atoms with Gasteiger partial charge in [0.05, 0.1) is 11.9 Å². The minimum absolute atomic E-state index is 0.325. The van der Waals surface area contributed by atoms with E-state index in [1.165, 1.54) is 0 Å². The number of carboxylic acid groups (broad SMARTS) is 1. The van der Waals surface area contributed by atoms with Crippen molar-refractivity contribution in [2.45, 2.75) is 18.3 Å². The molecule has 0 aliphatic heterocycles. The second-order valence-electron chi connectivity index (χ2n) is 3.45. The first-order valence-corrected chi connectivity index (χ1v) is 4.81. The fourth-order valence-electron chi connectivity index (χ4n) is 1.05. The Bertz CT molecular complexity index is 309. The van der Waals surface area contributed by atoms with Crippen LogP contribution in [-0.2, 0) is 9.59 Å². The summed E-state index contributed by atoms with van der Waals surface area (Å²) in [5, 5.41) is 46.9. The molecule has 0 aromatic rings. The quantitative estimate of drug-likeness (QED) is 0.212. The van der Waals surface area contributed by atoms with E-state index in [9.17, 15) is 24.7 Å². The molecule has 0 rings (SSSR count). The monoisotopic (exact) mass is 266 g/mol. The molecule has 5 N–H and O–H groups in total. The zero-order valence-corrected chi connectivity index (χ0v) is 9.21. The van der Waals surface area contributed by atoms with Gasteiger partial charge in [0, 0.05) is 0 Å². The van der Waals surface area contributed by atoms with Gasteiger partial charge in [-0.1, -0.05) is 0 Å². The standard InChI is InChI=1S/C8H14N2O8/c11-3-5(13)8(17)7(16)4(12)1-10(9-18)2-6(14)15/h5,7-8,11,13,16-17H,1-3H2,(H,14,15)/t5-,7-,8-/m1/s1. The fraction of sp³-hybridized carbons (Fsp3) is 0.750. The van der Waals surface area contributed by atoms with Crippen LogP contribution in [0, 0.1) is 4.91 Å². The lowest BCUT2D eigenvalue weighted by Gasteiger charge is -2.21. The summed E-state index contributed by atoms with van der Waals surface area (Å²) in [5.74, 6) is -2.52. The molecule has 0 saturated heterocycles. The summed E-state index contributed by atoms with van der Waals surface area (Å²) >= 11 is 0. The highest BCUT2D eigenvalue weighted by atomic mass is 16.4. The van der Waals surface area contributed by atoms with E-state index in [0.717, 1.165) is 0 Å². The van der Waals surface area contributed by atoms with Crippen molar-refractivity contribution in [2.75, 3.05) is 19.7 Å². The van der Waals surface area contributed by atoms with E-state index in [0.29, 0.717) is 5.01 Å². The van der Waals surface area contributed by atoms with E-state index in [2.05, 4.69) is 5.29 Å². The largest absolute Gasteiger partial charge is 0.480 e. The van der Waals surface area contributed by atoms with Gasteiger partial charge in [-0.3, -0.25) is 9.59 Å². The maximum Gasteiger partial charge on any atom is 0.325 e. The lowest BCUT2D eigenvalue weighted by atomic mass is 10.0. The third-order valence-electron chi connectivity index (χ3n) is 2.01. The van der Waals surface area contributed by atoms with E-state index < -0.39 is 49.8 Å². The molecule has 0 aromatic heterocycles. The van der Waals surface area contributed by atoms with Crippen LogP contribution in [0.4, 0.5) is 0 Å². The van der Waals surface area contributed by atoms with Crippen molar-refractivity contribution in [1.29, 1.82) is 0 Å². The third kappa shape index (κ3) is 5.14. The van der Waals surface area contributed by atoms with Crippen LogP contribution < -0.4 is 0 Å². The summed E-state index contributed by atoms with van der Waals surface area (Å²) in [7, 11) is 0. The van der Waals surface area contributed by atoms with E-state index in [-0.39, 0.29) is 0 Å². The van der Waals surface area contributed by atoms with Crippen molar-refractivity contribution in [1.82, 2.24) is 5.01 Å². The van der Waals surface area contributed by atoms with Crippen molar-refractivity contribution in [2.24, 2.45) is 5.29 Å². The summed E-state index contributed by atoms with van der Waals surface area (Å²) in [4.78, 5) is 31.8. The summed E-state index contributed by atoms with van der Waals surface area (Å²) < 4.78 is 0. The molecule has 0 aliphatic rings. The van der Waals surface area contributed by atoms with E-state index in [1.54, 1.807) is 0 Å². The number of aliphatic hydroxyl groups is 4. The number of hydrogen-bond acceptors (Lipinski definition) is 8. The number of aliphatic hydroxyl groups excluding tert-OH is 4. The lowest BCUT2D eigenvalue weighted by molar-refractivity contribution is -0.143. The molecule has 10 heteroatoms. The molecule has 0 fully saturated rings. The average molecular weight is 266 g/mol. The number of Topliss-reactive ketones (excluding diaryl/α,β-unsaturated/α-hetero) is 1. The molecule has 3 atom stereocenters. The molecular weight excluding hydrogens is 252 g/mol. The molecule has 10 nitrogen and oxygen atoms in total. The maximum absolute atomic E-state index is 11.3. The van der Waals surface area contributed by atoms with Gasteiger partial charge in [0.2, 0.25) is 0 Å².